The molecule has 0 saturated carbocycles. The van der Waals surface area contributed by atoms with Crippen LogP contribution in [0.25, 0.3) is 0 Å². The lowest BCUT2D eigenvalue weighted by Crippen LogP contribution is -2.41. The van der Waals surface area contributed by atoms with Crippen molar-refractivity contribution in [3.8, 4) is 0 Å². The second-order valence-corrected chi connectivity index (χ2v) is 5.98. The van der Waals surface area contributed by atoms with Crippen LogP contribution in [0.15, 0.2) is 11.6 Å². The minimum Gasteiger partial charge on any atom is -0.301 e. The zero-order valence-electron chi connectivity index (χ0n) is 11.5. The van der Waals surface area contributed by atoms with Crippen LogP contribution in [0, 0.1) is 5.92 Å². The summed E-state index contributed by atoms with van der Waals surface area (Å²) in [6.07, 6.45) is 7.90. The molecule has 0 fully saturated rings. The number of nitrogens with zero attached hydrogens (tertiary/aromatic N) is 1. The van der Waals surface area contributed by atoms with E-state index in [0.717, 1.165) is 5.92 Å². The van der Waals surface area contributed by atoms with Crippen molar-refractivity contribution in [3.05, 3.63) is 11.6 Å². The first-order chi connectivity index (χ1) is 6.91. The lowest BCUT2D eigenvalue weighted by molar-refractivity contribution is 0.154. The van der Waals surface area contributed by atoms with Gasteiger partial charge in [-0.1, -0.05) is 18.1 Å². The smallest absolute Gasteiger partial charge is 0.0122 e. The summed E-state index contributed by atoms with van der Waals surface area (Å²) in [5.74, 6) is 0.789. The van der Waals surface area contributed by atoms with Gasteiger partial charge in [-0.25, -0.2) is 0 Å². The van der Waals surface area contributed by atoms with Crippen LogP contribution < -0.4 is 0 Å². The van der Waals surface area contributed by atoms with Gasteiger partial charge in [-0.05, 0) is 59.9 Å². The van der Waals surface area contributed by atoms with Gasteiger partial charge in [0.25, 0.3) is 0 Å². The van der Waals surface area contributed by atoms with Gasteiger partial charge < -0.3 is 4.90 Å². The quantitative estimate of drug-likeness (QED) is 0.642. The molecule has 1 unspecified atom stereocenters. The summed E-state index contributed by atoms with van der Waals surface area (Å²) in [5, 5.41) is 0. The molecule has 0 radical (unpaired) electrons. The fourth-order valence-electron chi connectivity index (χ4n) is 2.10. The molecule has 2 heteroatoms. The van der Waals surface area contributed by atoms with E-state index in [1.54, 1.807) is 5.57 Å². The molecule has 0 spiro atoms. The molecule has 1 rings (SSSR count). The van der Waals surface area contributed by atoms with Gasteiger partial charge in [0.15, 0.2) is 0 Å². The zero-order chi connectivity index (χ0) is 11.5. The van der Waals surface area contributed by atoms with Crippen LogP contribution in [0.1, 0.15) is 54.8 Å². The average Bonchev–Trinajstić information content (AvgIpc) is 2.30. The van der Waals surface area contributed by atoms with E-state index in [1.165, 1.54) is 32.2 Å². The summed E-state index contributed by atoms with van der Waals surface area (Å²) in [5.41, 5.74) is 1.91. The summed E-state index contributed by atoms with van der Waals surface area (Å²) in [6, 6.07) is 0. The van der Waals surface area contributed by atoms with E-state index < -0.39 is 0 Å². The molecule has 0 aliphatic heterocycles. The molecule has 98 valence electrons. The summed E-state index contributed by atoms with van der Waals surface area (Å²) >= 11 is 0. The minimum atomic E-state index is 0. The fourth-order valence-corrected chi connectivity index (χ4v) is 2.10. The Bertz CT molecular complexity index is 233. The van der Waals surface area contributed by atoms with E-state index in [0.29, 0.717) is 5.54 Å². The van der Waals surface area contributed by atoms with E-state index >= 15 is 0 Å². The van der Waals surface area contributed by atoms with E-state index in [1.807, 2.05) is 0 Å². The predicted molar refractivity (Wildman–Crippen MR) is 72.7 cm³/mol. The molecule has 16 heavy (non-hydrogen) atoms. The maximum Gasteiger partial charge on any atom is 0.0122 e. The van der Waals surface area contributed by atoms with Crippen molar-refractivity contribution in [2.24, 2.45) is 5.92 Å². The first kappa shape index (κ1) is 15.6. The Morgan fingerprint density at radius 3 is 2.56 bits per heavy atom. The standard InChI is InChI=1S/C14H27N.FH.H2/c1-12-9-7-6-8-10-13(12)11-15(5)14(2,3)4;;/h9,13H,6-8,10-11H2,1-5H3;2*1H. The first-order valence-corrected chi connectivity index (χ1v) is 6.29. The molecular weight excluding hydrogens is 201 g/mol. The van der Waals surface area contributed by atoms with Gasteiger partial charge in [0.2, 0.25) is 0 Å². The Hall–Kier alpha value is -0.370. The van der Waals surface area contributed by atoms with E-state index in [4.69, 9.17) is 0 Å². The SMILES string of the molecule is CC1=CCCCCC1CN(C)C(C)(C)C.F.[HH]. The largest absolute Gasteiger partial charge is 0.301 e. The monoisotopic (exact) mass is 231 g/mol. The van der Waals surface area contributed by atoms with Crippen LogP contribution in [0.2, 0.25) is 0 Å². The minimum absolute atomic E-state index is 0. The van der Waals surface area contributed by atoms with Gasteiger partial charge in [-0.2, -0.15) is 0 Å². The predicted octanol–water partition coefficient (Wildman–Crippen LogP) is 4.25. The molecule has 0 amide bonds. The number of halogens is 1. The maximum atomic E-state index is 2.49. The third-order valence-corrected chi connectivity index (χ3v) is 3.76. The molecule has 0 saturated heterocycles. The van der Waals surface area contributed by atoms with E-state index in [-0.39, 0.29) is 6.13 Å². The normalized spacial score (nSPS) is 22.4. The van der Waals surface area contributed by atoms with Crippen LogP contribution in [-0.4, -0.2) is 24.0 Å². The van der Waals surface area contributed by atoms with Crippen LogP contribution in [-0.2, 0) is 0 Å². The van der Waals surface area contributed by atoms with Crippen molar-refractivity contribution in [2.45, 2.75) is 58.9 Å². The van der Waals surface area contributed by atoms with Gasteiger partial charge in [0, 0.05) is 13.5 Å². The Labute approximate surface area is 102 Å². The first-order valence-electron chi connectivity index (χ1n) is 6.29. The second-order valence-electron chi connectivity index (χ2n) is 5.98. The molecule has 0 aromatic carbocycles. The molecule has 1 aliphatic rings. The number of rotatable bonds is 2. The van der Waals surface area contributed by atoms with Crippen molar-refractivity contribution in [2.75, 3.05) is 13.6 Å². The maximum absolute atomic E-state index is 2.49. The summed E-state index contributed by atoms with van der Waals surface area (Å²) in [4.78, 5) is 2.49. The Morgan fingerprint density at radius 2 is 2.00 bits per heavy atom. The molecule has 0 aromatic rings. The molecule has 1 nitrogen and oxygen atoms in total. The fraction of sp³-hybridized carbons (Fsp3) is 0.857. The summed E-state index contributed by atoms with van der Waals surface area (Å²) < 4.78 is 0. The van der Waals surface area contributed by atoms with Crippen molar-refractivity contribution >= 4 is 0 Å². The second kappa shape index (κ2) is 6.39. The Kier molecular flexibility index (Phi) is 6.24. The Morgan fingerprint density at radius 1 is 1.38 bits per heavy atom. The number of allylic oxidation sites excluding steroid dienone is 1. The Balaban J connectivity index is 0. The van der Waals surface area contributed by atoms with E-state index in [9.17, 15) is 0 Å². The third kappa shape index (κ3) is 4.65. The van der Waals surface area contributed by atoms with Gasteiger partial charge in [-0.15, -0.1) is 0 Å². The highest BCUT2D eigenvalue weighted by atomic mass is 19.0. The highest BCUT2D eigenvalue weighted by Gasteiger charge is 2.22. The van der Waals surface area contributed by atoms with Gasteiger partial charge in [0.05, 0.1) is 0 Å². The van der Waals surface area contributed by atoms with Crippen LogP contribution >= 0.6 is 0 Å². The number of hydrogen-bond donors (Lipinski definition) is 0. The van der Waals surface area contributed by atoms with Gasteiger partial charge >= 0.3 is 0 Å². The van der Waals surface area contributed by atoms with Crippen molar-refractivity contribution in [3.63, 3.8) is 0 Å². The zero-order valence-corrected chi connectivity index (χ0v) is 11.5. The van der Waals surface area contributed by atoms with Crippen molar-refractivity contribution < 1.29 is 6.13 Å². The summed E-state index contributed by atoms with van der Waals surface area (Å²) in [7, 11) is 2.25. The van der Waals surface area contributed by atoms with E-state index in [2.05, 4.69) is 45.7 Å². The lowest BCUT2D eigenvalue weighted by Gasteiger charge is -2.35. The van der Waals surface area contributed by atoms with Crippen LogP contribution in [0.5, 0.6) is 0 Å². The molecule has 0 bridgehead atoms. The summed E-state index contributed by atoms with van der Waals surface area (Å²) in [6.45, 7) is 10.4. The molecule has 1 atom stereocenters. The van der Waals surface area contributed by atoms with Gasteiger partial charge in [0.1, 0.15) is 0 Å². The van der Waals surface area contributed by atoms with Crippen LogP contribution in [0.4, 0.5) is 4.70 Å². The molecular formula is C14H30FN. The van der Waals surface area contributed by atoms with Gasteiger partial charge in [-0.3, -0.25) is 4.70 Å². The average molecular weight is 231 g/mol. The highest BCUT2D eigenvalue weighted by molar-refractivity contribution is 5.06. The molecule has 0 N–H and O–H groups in total. The highest BCUT2D eigenvalue weighted by Crippen LogP contribution is 2.26. The molecule has 1 aliphatic carbocycles. The lowest BCUT2D eigenvalue weighted by atomic mass is 9.94. The molecule has 0 aromatic heterocycles. The van der Waals surface area contributed by atoms with Crippen molar-refractivity contribution in [1.29, 1.82) is 0 Å². The van der Waals surface area contributed by atoms with Crippen LogP contribution in [0.3, 0.4) is 0 Å². The third-order valence-electron chi connectivity index (χ3n) is 3.76. The molecule has 0 heterocycles. The number of hydrogen-bond acceptors (Lipinski definition) is 1. The topological polar surface area (TPSA) is 3.24 Å². The van der Waals surface area contributed by atoms with Crippen molar-refractivity contribution in [1.82, 2.24) is 4.90 Å².